The van der Waals surface area contributed by atoms with Crippen LogP contribution in [0.1, 0.15) is 23.2 Å². The number of nitrogens with zero attached hydrogens (tertiary/aromatic N) is 4. The minimum absolute atomic E-state index is 0.0100. The third-order valence-corrected chi connectivity index (χ3v) is 3.81. The third kappa shape index (κ3) is 3.27. The van der Waals surface area contributed by atoms with Gasteiger partial charge in [-0.3, -0.25) is 14.9 Å². The number of piperidine rings is 1. The third-order valence-electron chi connectivity index (χ3n) is 3.81. The van der Waals surface area contributed by atoms with E-state index in [0.29, 0.717) is 19.1 Å². The quantitative estimate of drug-likeness (QED) is 0.650. The van der Waals surface area contributed by atoms with Gasteiger partial charge in [0.2, 0.25) is 0 Å². The molecule has 0 saturated carbocycles. The van der Waals surface area contributed by atoms with Gasteiger partial charge < -0.3 is 15.5 Å². The number of rotatable bonds is 3. The second-order valence-electron chi connectivity index (χ2n) is 5.37. The fourth-order valence-electron chi connectivity index (χ4n) is 2.54. The van der Waals surface area contributed by atoms with Crippen molar-refractivity contribution in [3.63, 3.8) is 0 Å². The Morgan fingerprint density at radius 3 is 2.62 bits per heavy atom. The van der Waals surface area contributed by atoms with E-state index in [4.69, 9.17) is 5.73 Å². The van der Waals surface area contributed by atoms with Gasteiger partial charge >= 0.3 is 0 Å². The minimum atomic E-state index is -0.605. The molecule has 1 aromatic rings. The lowest BCUT2D eigenvalue weighted by Gasteiger charge is -2.35. The van der Waals surface area contributed by atoms with Crippen molar-refractivity contribution >= 4 is 17.4 Å². The fourth-order valence-corrected chi connectivity index (χ4v) is 2.54. The molecule has 0 atom stereocenters. The molecule has 0 bridgehead atoms. The molecular weight excluding hydrogens is 274 g/mol. The number of pyridine rings is 1. The SMILES string of the molecule is CN(C)C1CCN(C(=O)c2cc(N)ncc2[N+](=O)[O-])CC1. The van der Waals surface area contributed by atoms with Gasteiger partial charge in [0.1, 0.15) is 17.6 Å². The lowest BCUT2D eigenvalue weighted by atomic mass is 10.0. The van der Waals surface area contributed by atoms with E-state index < -0.39 is 4.92 Å². The molecule has 0 aliphatic carbocycles. The Morgan fingerprint density at radius 1 is 1.48 bits per heavy atom. The maximum Gasteiger partial charge on any atom is 0.300 e. The summed E-state index contributed by atoms with van der Waals surface area (Å²) >= 11 is 0. The molecule has 2 N–H and O–H groups in total. The largest absolute Gasteiger partial charge is 0.384 e. The first-order chi connectivity index (χ1) is 9.90. The van der Waals surface area contributed by atoms with E-state index in [2.05, 4.69) is 9.88 Å². The average Bonchev–Trinajstić information content (AvgIpc) is 2.46. The number of likely N-dealkylation sites (tertiary alicyclic amines) is 1. The highest BCUT2D eigenvalue weighted by atomic mass is 16.6. The van der Waals surface area contributed by atoms with E-state index in [9.17, 15) is 14.9 Å². The van der Waals surface area contributed by atoms with Crippen molar-refractivity contribution in [1.82, 2.24) is 14.8 Å². The summed E-state index contributed by atoms with van der Waals surface area (Å²) in [6, 6.07) is 1.71. The number of amides is 1. The molecule has 0 unspecified atom stereocenters. The minimum Gasteiger partial charge on any atom is -0.384 e. The Kier molecular flexibility index (Phi) is 4.37. The Bertz CT molecular complexity index is 553. The zero-order valence-electron chi connectivity index (χ0n) is 12.2. The molecule has 21 heavy (non-hydrogen) atoms. The molecule has 0 aromatic carbocycles. The van der Waals surface area contributed by atoms with Crippen molar-refractivity contribution in [3.05, 3.63) is 27.9 Å². The Morgan fingerprint density at radius 2 is 2.10 bits per heavy atom. The fraction of sp³-hybridized carbons (Fsp3) is 0.538. The first kappa shape index (κ1) is 15.2. The predicted octanol–water partition coefficient (Wildman–Crippen LogP) is 0.738. The molecule has 1 aliphatic rings. The number of hydrogen-bond donors (Lipinski definition) is 1. The van der Waals surface area contributed by atoms with Gasteiger partial charge in [-0.25, -0.2) is 4.98 Å². The molecule has 0 spiro atoms. The van der Waals surface area contributed by atoms with Crippen LogP contribution in [-0.4, -0.2) is 58.8 Å². The predicted molar refractivity (Wildman–Crippen MR) is 77.9 cm³/mol. The van der Waals surface area contributed by atoms with E-state index >= 15 is 0 Å². The van der Waals surface area contributed by atoms with Crippen molar-refractivity contribution in [2.75, 3.05) is 32.9 Å². The van der Waals surface area contributed by atoms with Crippen molar-refractivity contribution in [1.29, 1.82) is 0 Å². The maximum atomic E-state index is 12.5. The lowest BCUT2D eigenvalue weighted by Crippen LogP contribution is -2.44. The van der Waals surface area contributed by atoms with Crippen molar-refractivity contribution in [2.24, 2.45) is 0 Å². The second kappa shape index (κ2) is 6.04. The highest BCUT2D eigenvalue weighted by molar-refractivity contribution is 5.98. The number of carbonyl (C=O) groups is 1. The van der Waals surface area contributed by atoms with Crippen LogP contribution in [0, 0.1) is 10.1 Å². The lowest BCUT2D eigenvalue weighted by molar-refractivity contribution is -0.385. The maximum absolute atomic E-state index is 12.5. The first-order valence-corrected chi connectivity index (χ1v) is 6.75. The summed E-state index contributed by atoms with van der Waals surface area (Å²) in [6.45, 7) is 1.17. The number of nitrogen functional groups attached to an aromatic ring is 1. The van der Waals surface area contributed by atoms with Crippen molar-refractivity contribution < 1.29 is 9.72 Å². The summed E-state index contributed by atoms with van der Waals surface area (Å²) in [7, 11) is 4.02. The van der Waals surface area contributed by atoms with Gasteiger partial charge in [0.05, 0.1) is 4.92 Å². The molecule has 1 fully saturated rings. The Balaban J connectivity index is 2.18. The van der Waals surface area contributed by atoms with E-state index in [1.165, 1.54) is 6.07 Å². The monoisotopic (exact) mass is 293 g/mol. The van der Waals surface area contributed by atoms with Crippen molar-refractivity contribution in [3.8, 4) is 0 Å². The highest BCUT2D eigenvalue weighted by Gasteiger charge is 2.29. The summed E-state index contributed by atoms with van der Waals surface area (Å²) < 4.78 is 0. The van der Waals surface area contributed by atoms with Gasteiger partial charge in [-0.15, -0.1) is 0 Å². The molecule has 2 rings (SSSR count). The van der Waals surface area contributed by atoms with Crippen molar-refractivity contribution in [2.45, 2.75) is 18.9 Å². The molecule has 1 aromatic heterocycles. The van der Waals surface area contributed by atoms with Gasteiger partial charge in [0.25, 0.3) is 11.6 Å². The number of aromatic nitrogens is 1. The Hall–Kier alpha value is -2.22. The van der Waals surface area contributed by atoms with Crippen LogP contribution in [0.4, 0.5) is 11.5 Å². The molecule has 2 heterocycles. The van der Waals surface area contributed by atoms with Gasteiger partial charge in [-0.05, 0) is 33.0 Å². The molecule has 1 aliphatic heterocycles. The van der Waals surface area contributed by atoms with Crippen LogP contribution >= 0.6 is 0 Å². The molecule has 8 nitrogen and oxygen atoms in total. The number of nitro groups is 1. The first-order valence-electron chi connectivity index (χ1n) is 6.75. The van der Waals surface area contributed by atoms with Crippen LogP contribution in [0.3, 0.4) is 0 Å². The highest BCUT2D eigenvalue weighted by Crippen LogP contribution is 2.23. The van der Waals surface area contributed by atoms with Gasteiger partial charge in [-0.1, -0.05) is 0 Å². The van der Waals surface area contributed by atoms with Crippen LogP contribution in [0.15, 0.2) is 12.3 Å². The normalized spacial score (nSPS) is 16.2. The van der Waals surface area contributed by atoms with Crippen LogP contribution in [-0.2, 0) is 0 Å². The molecular formula is C13H19N5O3. The average molecular weight is 293 g/mol. The second-order valence-corrected chi connectivity index (χ2v) is 5.37. The molecule has 0 radical (unpaired) electrons. The molecule has 1 amide bonds. The van der Waals surface area contributed by atoms with Crippen LogP contribution in [0.25, 0.3) is 0 Å². The standard InChI is InChI=1S/C13H19N5O3/c1-16(2)9-3-5-17(6-4-9)13(19)10-7-12(14)15-8-11(10)18(20)21/h7-9H,3-6H2,1-2H3,(H2,14,15). The summed E-state index contributed by atoms with van der Waals surface area (Å²) in [5, 5.41) is 11.0. The van der Waals surface area contributed by atoms with Crippen LogP contribution < -0.4 is 5.73 Å². The van der Waals surface area contributed by atoms with E-state index in [1.54, 1.807) is 4.90 Å². The number of nitrogens with two attached hydrogens (primary N) is 1. The summed E-state index contributed by atoms with van der Waals surface area (Å²) in [5.41, 5.74) is 5.25. The van der Waals surface area contributed by atoms with Gasteiger partial charge in [-0.2, -0.15) is 0 Å². The summed E-state index contributed by atoms with van der Waals surface area (Å²) in [4.78, 5) is 30.3. The zero-order valence-corrected chi connectivity index (χ0v) is 12.2. The number of anilines is 1. The topological polar surface area (TPSA) is 106 Å². The molecule has 8 heteroatoms. The van der Waals surface area contributed by atoms with E-state index in [-0.39, 0.29) is 23.0 Å². The Labute approximate surface area is 122 Å². The van der Waals surface area contributed by atoms with E-state index in [0.717, 1.165) is 19.0 Å². The summed E-state index contributed by atoms with van der Waals surface area (Å²) in [6.07, 6.45) is 2.75. The molecule has 114 valence electrons. The smallest absolute Gasteiger partial charge is 0.300 e. The zero-order chi connectivity index (χ0) is 15.6. The number of carbonyl (C=O) groups excluding carboxylic acids is 1. The summed E-state index contributed by atoms with van der Waals surface area (Å²) in [5.74, 6) is -0.250. The number of hydrogen-bond acceptors (Lipinski definition) is 6. The van der Waals surface area contributed by atoms with Crippen LogP contribution in [0.2, 0.25) is 0 Å². The van der Waals surface area contributed by atoms with E-state index in [1.807, 2.05) is 14.1 Å². The molecule has 1 saturated heterocycles. The van der Waals surface area contributed by atoms with Crippen LogP contribution in [0.5, 0.6) is 0 Å². The van der Waals surface area contributed by atoms with Gasteiger partial charge in [0.15, 0.2) is 0 Å². The van der Waals surface area contributed by atoms with Gasteiger partial charge in [0, 0.05) is 19.1 Å².